The zero-order chi connectivity index (χ0) is 28.2. The molecule has 0 unspecified atom stereocenters. The highest BCUT2D eigenvalue weighted by Crippen LogP contribution is 2.38. The molecule has 0 N–H and O–H groups in total. The van der Waals surface area contributed by atoms with E-state index in [1.165, 1.54) is 31.4 Å². The van der Waals surface area contributed by atoms with Gasteiger partial charge in [-0.25, -0.2) is 19.0 Å². The first-order valence-electron chi connectivity index (χ1n) is 12.2. The number of rotatable bonds is 7. The van der Waals surface area contributed by atoms with E-state index in [9.17, 15) is 18.8 Å². The van der Waals surface area contributed by atoms with Crippen molar-refractivity contribution >= 4 is 46.9 Å². The minimum Gasteiger partial charge on any atom is -0.493 e. The fraction of sp³-hybridized carbons (Fsp3) is 0.0645. The number of carbonyl (C=O) groups excluding carboxylic acids is 3. The largest absolute Gasteiger partial charge is 0.493 e. The Bertz CT molecular complexity index is 1550. The number of para-hydroxylation sites is 2. The van der Waals surface area contributed by atoms with Gasteiger partial charge < -0.3 is 9.47 Å². The van der Waals surface area contributed by atoms with Gasteiger partial charge >= 0.3 is 6.03 Å². The van der Waals surface area contributed by atoms with E-state index in [0.29, 0.717) is 16.9 Å². The van der Waals surface area contributed by atoms with Gasteiger partial charge in [0, 0.05) is 0 Å². The quantitative estimate of drug-likeness (QED) is 0.188. The summed E-state index contributed by atoms with van der Waals surface area (Å²) in [4.78, 5) is 42.6. The van der Waals surface area contributed by atoms with Crippen LogP contribution in [0.4, 0.5) is 20.6 Å². The summed E-state index contributed by atoms with van der Waals surface area (Å²) >= 11 is 6.53. The Morgan fingerprint density at radius 2 is 1.35 bits per heavy atom. The maximum atomic E-state index is 13.6. The third kappa shape index (κ3) is 5.30. The highest BCUT2D eigenvalue weighted by Gasteiger charge is 2.43. The van der Waals surface area contributed by atoms with Crippen LogP contribution >= 0.6 is 11.6 Å². The van der Waals surface area contributed by atoms with E-state index in [1.807, 2.05) is 0 Å². The number of barbiturate groups is 1. The van der Waals surface area contributed by atoms with E-state index in [4.69, 9.17) is 21.1 Å². The molecule has 200 valence electrons. The monoisotopic (exact) mass is 556 g/mol. The molecule has 1 fully saturated rings. The van der Waals surface area contributed by atoms with Gasteiger partial charge in [0.25, 0.3) is 11.8 Å². The van der Waals surface area contributed by atoms with Crippen LogP contribution in [0.1, 0.15) is 11.1 Å². The molecule has 7 nitrogen and oxygen atoms in total. The summed E-state index contributed by atoms with van der Waals surface area (Å²) < 4.78 is 24.5. The predicted molar refractivity (Wildman–Crippen MR) is 150 cm³/mol. The van der Waals surface area contributed by atoms with Crippen LogP contribution in [-0.2, 0) is 16.2 Å². The number of amides is 4. The van der Waals surface area contributed by atoms with E-state index in [-0.39, 0.29) is 34.5 Å². The predicted octanol–water partition coefficient (Wildman–Crippen LogP) is 6.65. The molecule has 0 aromatic heterocycles. The van der Waals surface area contributed by atoms with Crippen molar-refractivity contribution < 1.29 is 28.2 Å². The lowest BCUT2D eigenvalue weighted by Gasteiger charge is -2.34. The Hall–Kier alpha value is -4.95. The number of halogens is 2. The van der Waals surface area contributed by atoms with Crippen molar-refractivity contribution in [2.24, 2.45) is 0 Å². The number of carbonyl (C=O) groups is 3. The van der Waals surface area contributed by atoms with Crippen LogP contribution in [-0.4, -0.2) is 25.0 Å². The van der Waals surface area contributed by atoms with E-state index in [0.717, 1.165) is 15.4 Å². The smallest absolute Gasteiger partial charge is 0.343 e. The molecule has 0 bridgehead atoms. The highest BCUT2D eigenvalue weighted by atomic mass is 35.5. The molecular formula is C31H22ClFN2O5. The van der Waals surface area contributed by atoms with Crippen LogP contribution in [0.15, 0.2) is 103 Å². The number of anilines is 2. The van der Waals surface area contributed by atoms with Gasteiger partial charge in [0.05, 0.1) is 23.5 Å². The van der Waals surface area contributed by atoms with Crippen molar-refractivity contribution in [3.63, 3.8) is 0 Å². The number of nitrogens with zero attached hydrogens (tertiary/aromatic N) is 2. The maximum Gasteiger partial charge on any atom is 0.343 e. The number of hydrogen-bond acceptors (Lipinski definition) is 5. The number of benzene rings is 4. The first kappa shape index (κ1) is 26.6. The molecule has 4 aromatic carbocycles. The second kappa shape index (κ2) is 11.4. The molecule has 4 aromatic rings. The third-order valence-electron chi connectivity index (χ3n) is 6.14. The van der Waals surface area contributed by atoms with E-state index < -0.39 is 17.8 Å². The van der Waals surface area contributed by atoms with E-state index in [2.05, 4.69) is 0 Å². The van der Waals surface area contributed by atoms with Gasteiger partial charge in [-0.15, -0.1) is 0 Å². The van der Waals surface area contributed by atoms with Gasteiger partial charge in [-0.2, -0.15) is 0 Å². The lowest BCUT2D eigenvalue weighted by molar-refractivity contribution is -0.121. The van der Waals surface area contributed by atoms with Crippen LogP contribution in [0.25, 0.3) is 6.08 Å². The molecule has 40 heavy (non-hydrogen) atoms. The van der Waals surface area contributed by atoms with Crippen molar-refractivity contribution in [3.05, 3.63) is 125 Å². The first-order chi connectivity index (χ1) is 19.4. The summed E-state index contributed by atoms with van der Waals surface area (Å²) in [5, 5.41) is 0.167. The third-order valence-corrected chi connectivity index (χ3v) is 6.42. The van der Waals surface area contributed by atoms with E-state index >= 15 is 0 Å². The molecule has 0 aliphatic carbocycles. The molecule has 9 heteroatoms. The zero-order valence-electron chi connectivity index (χ0n) is 21.2. The Morgan fingerprint density at radius 3 is 1.88 bits per heavy atom. The highest BCUT2D eigenvalue weighted by molar-refractivity contribution is 6.46. The molecule has 1 aliphatic rings. The average Bonchev–Trinajstić information content (AvgIpc) is 2.96. The summed E-state index contributed by atoms with van der Waals surface area (Å²) in [5.41, 5.74) is 1.48. The molecule has 0 saturated carbocycles. The first-order valence-corrected chi connectivity index (χ1v) is 12.5. The number of hydrogen-bond donors (Lipinski definition) is 0. The molecule has 1 aliphatic heterocycles. The Labute approximate surface area is 234 Å². The van der Waals surface area contributed by atoms with Gasteiger partial charge in [-0.1, -0.05) is 60.1 Å². The molecule has 0 spiro atoms. The minimum atomic E-state index is -0.787. The molecular weight excluding hydrogens is 535 g/mol. The standard InChI is InChI=1S/C31H22ClFN2O5/c1-39-27-18-21(17-26(32)28(27)40-19-20-12-14-22(33)15-13-20)16-25-29(36)34(23-8-4-2-5-9-23)31(38)35(30(25)37)24-10-6-3-7-11-24/h2-18H,19H2,1H3. The van der Waals surface area contributed by atoms with Crippen molar-refractivity contribution in [2.45, 2.75) is 6.61 Å². The van der Waals surface area contributed by atoms with Gasteiger partial charge in [0.15, 0.2) is 11.5 Å². The Balaban J connectivity index is 1.53. The van der Waals surface area contributed by atoms with Gasteiger partial charge in [-0.3, -0.25) is 9.59 Å². The van der Waals surface area contributed by atoms with Crippen molar-refractivity contribution in [1.82, 2.24) is 0 Å². The lowest BCUT2D eigenvalue weighted by Crippen LogP contribution is -2.57. The normalized spacial score (nSPS) is 13.5. The topological polar surface area (TPSA) is 76.2 Å². The number of methoxy groups -OCH3 is 1. The van der Waals surface area contributed by atoms with Crippen molar-refractivity contribution in [1.29, 1.82) is 0 Å². The lowest BCUT2D eigenvalue weighted by atomic mass is 10.0. The molecule has 5 rings (SSSR count). The summed E-state index contributed by atoms with van der Waals surface area (Å²) in [6.07, 6.45) is 1.36. The van der Waals surface area contributed by atoms with Crippen LogP contribution in [0, 0.1) is 5.82 Å². The Morgan fingerprint density at radius 1 is 0.800 bits per heavy atom. The fourth-order valence-corrected chi connectivity index (χ4v) is 4.48. The molecule has 1 heterocycles. The SMILES string of the molecule is COc1cc(C=C2C(=O)N(c3ccccc3)C(=O)N(c3ccccc3)C2=O)cc(Cl)c1OCc1ccc(F)cc1. The summed E-state index contributed by atoms with van der Waals surface area (Å²) in [6, 6.07) is 24.9. The fourth-order valence-electron chi connectivity index (χ4n) is 4.21. The molecule has 4 amide bonds. The second-order valence-corrected chi connectivity index (χ2v) is 9.15. The van der Waals surface area contributed by atoms with Crippen molar-refractivity contribution in [2.75, 3.05) is 16.9 Å². The molecule has 0 radical (unpaired) electrons. The minimum absolute atomic E-state index is 0.105. The van der Waals surface area contributed by atoms with Crippen molar-refractivity contribution in [3.8, 4) is 11.5 Å². The number of urea groups is 1. The van der Waals surface area contributed by atoms with E-state index in [1.54, 1.807) is 78.9 Å². The summed E-state index contributed by atoms with van der Waals surface area (Å²) in [6.45, 7) is 0.105. The Kier molecular flexibility index (Phi) is 7.61. The van der Waals surface area contributed by atoms with Gasteiger partial charge in [0.1, 0.15) is 18.0 Å². The molecule has 1 saturated heterocycles. The maximum absolute atomic E-state index is 13.6. The second-order valence-electron chi connectivity index (χ2n) is 8.74. The number of ether oxygens (including phenoxy) is 2. The van der Waals surface area contributed by atoms with Gasteiger partial charge in [0.2, 0.25) is 0 Å². The summed E-state index contributed by atoms with van der Waals surface area (Å²) in [7, 11) is 1.43. The average molecular weight is 557 g/mol. The van der Waals surface area contributed by atoms with Crippen LogP contribution in [0.5, 0.6) is 11.5 Å². The van der Waals surface area contributed by atoms with Crippen LogP contribution in [0.3, 0.4) is 0 Å². The summed E-state index contributed by atoms with van der Waals surface area (Å²) in [5.74, 6) is -1.42. The van der Waals surface area contributed by atoms with Crippen LogP contribution in [0.2, 0.25) is 5.02 Å². The zero-order valence-corrected chi connectivity index (χ0v) is 22.0. The van der Waals surface area contributed by atoms with Crippen LogP contribution < -0.4 is 19.3 Å². The van der Waals surface area contributed by atoms with Gasteiger partial charge in [-0.05, 0) is 65.7 Å². The molecule has 0 atom stereocenters. The number of imide groups is 2.